The quantitative estimate of drug-likeness (QED) is 0.928. The van der Waals surface area contributed by atoms with E-state index in [0.29, 0.717) is 12.3 Å². The minimum atomic E-state index is -2.91. The van der Waals surface area contributed by atoms with Crippen LogP contribution in [0.15, 0.2) is 30.2 Å². The van der Waals surface area contributed by atoms with E-state index in [0.717, 1.165) is 11.3 Å². The molecule has 1 aromatic carbocycles. The van der Waals surface area contributed by atoms with E-state index in [-0.39, 0.29) is 17.7 Å². The topological polar surface area (TPSA) is 33.7 Å². The van der Waals surface area contributed by atoms with Crippen molar-refractivity contribution in [2.45, 2.75) is 38.8 Å². The van der Waals surface area contributed by atoms with Gasteiger partial charge in [-0.05, 0) is 26.8 Å². The fraction of sp³-hybridized carbons (Fsp3) is 0.500. The smallest absolute Gasteiger partial charge is 0.310 e. The van der Waals surface area contributed by atoms with Gasteiger partial charge in [-0.1, -0.05) is 12.1 Å². The first kappa shape index (κ1) is 15.1. The zero-order chi connectivity index (χ0) is 15.9. The molecule has 22 heavy (non-hydrogen) atoms. The Bertz CT molecular complexity index is 604. The van der Waals surface area contributed by atoms with Crippen LogP contribution in [0.2, 0.25) is 0 Å². The summed E-state index contributed by atoms with van der Waals surface area (Å²) in [6.45, 7) is 5.91. The molecule has 0 radical (unpaired) electrons. The largest absolute Gasteiger partial charge is 0.492 e. The van der Waals surface area contributed by atoms with Gasteiger partial charge in [0, 0.05) is 5.56 Å². The van der Waals surface area contributed by atoms with E-state index in [1.54, 1.807) is 6.07 Å². The van der Waals surface area contributed by atoms with Crippen molar-refractivity contribution in [3.63, 3.8) is 0 Å². The Balaban J connectivity index is 1.81. The normalized spacial score (nSPS) is 24.1. The number of rotatable bonds is 3. The van der Waals surface area contributed by atoms with E-state index < -0.39 is 12.5 Å². The van der Waals surface area contributed by atoms with E-state index in [9.17, 15) is 8.78 Å². The predicted octanol–water partition coefficient (Wildman–Crippen LogP) is 3.32. The van der Waals surface area contributed by atoms with Crippen molar-refractivity contribution < 1.29 is 18.3 Å². The number of alkyl halides is 2. The van der Waals surface area contributed by atoms with Crippen LogP contribution in [0.5, 0.6) is 5.75 Å². The molecule has 2 unspecified atom stereocenters. The molecule has 3 rings (SSSR count). The lowest BCUT2D eigenvalue weighted by molar-refractivity contribution is -0.0214. The fourth-order valence-electron chi connectivity index (χ4n) is 2.93. The van der Waals surface area contributed by atoms with Crippen LogP contribution in [0.4, 0.5) is 8.78 Å². The summed E-state index contributed by atoms with van der Waals surface area (Å²) in [6, 6.07) is 4.74. The second-order valence-electron chi connectivity index (χ2n) is 5.89. The molecule has 0 amide bonds. The zero-order valence-electron chi connectivity index (χ0n) is 12.9. The molecule has 0 bridgehead atoms. The highest BCUT2D eigenvalue weighted by atomic mass is 19.3. The summed E-state index contributed by atoms with van der Waals surface area (Å²) in [5, 5.41) is 1.93. The number of para-hydroxylation sites is 1. The third-order valence-electron chi connectivity index (χ3n) is 3.84. The van der Waals surface area contributed by atoms with Crippen LogP contribution in [0.25, 0.3) is 0 Å². The van der Waals surface area contributed by atoms with Crippen molar-refractivity contribution in [2.75, 3.05) is 13.2 Å². The van der Waals surface area contributed by atoms with E-state index in [1.165, 1.54) is 6.07 Å². The van der Waals surface area contributed by atoms with Gasteiger partial charge in [0.1, 0.15) is 17.6 Å². The maximum absolute atomic E-state index is 13.8. The Morgan fingerprint density at radius 3 is 2.91 bits per heavy atom. The second kappa shape index (κ2) is 5.43. The van der Waals surface area contributed by atoms with Crippen LogP contribution in [0.1, 0.15) is 37.9 Å². The summed E-state index contributed by atoms with van der Waals surface area (Å²) in [5.74, 6) is -1.79. The molecule has 0 aromatic heterocycles. The molecule has 1 aromatic rings. The Labute approximate surface area is 128 Å². The Kier molecular flexibility index (Phi) is 3.72. The van der Waals surface area contributed by atoms with Crippen molar-refractivity contribution in [3.8, 4) is 5.75 Å². The molecule has 120 valence electrons. The van der Waals surface area contributed by atoms with Gasteiger partial charge in [-0.25, -0.2) is 5.43 Å². The van der Waals surface area contributed by atoms with E-state index in [2.05, 4.69) is 5.43 Å². The molecule has 2 aliphatic rings. The lowest BCUT2D eigenvalue weighted by atomic mass is 10.0. The summed E-state index contributed by atoms with van der Waals surface area (Å²) >= 11 is 0. The van der Waals surface area contributed by atoms with Crippen molar-refractivity contribution in [1.82, 2.24) is 10.4 Å². The van der Waals surface area contributed by atoms with Crippen LogP contribution in [0.3, 0.4) is 0 Å². The number of allylic oxidation sites excluding steroid dienone is 1. The van der Waals surface area contributed by atoms with Gasteiger partial charge in [0.2, 0.25) is 0 Å². The molecule has 1 N–H and O–H groups in total. The van der Waals surface area contributed by atoms with Crippen molar-refractivity contribution >= 4 is 0 Å². The second-order valence-corrected chi connectivity index (χ2v) is 5.89. The molecule has 2 heterocycles. The number of fused-ring (bicyclic) bond motifs is 1. The summed E-state index contributed by atoms with van der Waals surface area (Å²) in [7, 11) is 0. The predicted molar refractivity (Wildman–Crippen MR) is 78.4 cm³/mol. The molecule has 2 atom stereocenters. The maximum Gasteiger partial charge on any atom is 0.310 e. The number of nitrogens with zero attached hydrogens (tertiary/aromatic N) is 1. The third kappa shape index (κ3) is 2.75. The number of nitrogens with one attached hydrogen (secondary N) is 1. The van der Waals surface area contributed by atoms with E-state index >= 15 is 0 Å². The van der Waals surface area contributed by atoms with Gasteiger partial charge in [-0.2, -0.15) is 8.78 Å². The number of ether oxygens (including phenoxy) is 2. The monoisotopic (exact) mass is 310 g/mol. The molecule has 0 fully saturated rings. The summed E-state index contributed by atoms with van der Waals surface area (Å²) in [6.07, 6.45) is 1.95. The van der Waals surface area contributed by atoms with Crippen LogP contribution in [0, 0.1) is 0 Å². The van der Waals surface area contributed by atoms with Gasteiger partial charge < -0.3 is 14.5 Å². The van der Waals surface area contributed by atoms with E-state index in [1.807, 2.05) is 38.0 Å². The first-order chi connectivity index (χ1) is 10.4. The number of benzene rings is 1. The number of hydrogen-bond donors (Lipinski definition) is 1. The van der Waals surface area contributed by atoms with Gasteiger partial charge in [-0.3, -0.25) is 0 Å². The molecule has 4 nitrogen and oxygen atoms in total. The van der Waals surface area contributed by atoms with E-state index in [4.69, 9.17) is 9.47 Å². The third-order valence-corrected chi connectivity index (χ3v) is 3.84. The maximum atomic E-state index is 13.8. The van der Waals surface area contributed by atoms with Crippen LogP contribution < -0.4 is 10.2 Å². The average molecular weight is 310 g/mol. The Morgan fingerprint density at radius 2 is 2.18 bits per heavy atom. The molecular formula is C16H20F2N2O2. The first-order valence-corrected chi connectivity index (χ1v) is 7.39. The number of halogens is 2. The molecule has 0 saturated heterocycles. The zero-order valence-corrected chi connectivity index (χ0v) is 12.9. The summed E-state index contributed by atoms with van der Waals surface area (Å²) < 4.78 is 38.3. The SMILES string of the molecule is CC1=CN(NC(C)c2cccc3c2OCC3(F)F)CC(C)O1. The Morgan fingerprint density at radius 1 is 1.41 bits per heavy atom. The molecule has 6 heteroatoms. The highest BCUT2D eigenvalue weighted by molar-refractivity contribution is 5.48. The van der Waals surface area contributed by atoms with Crippen molar-refractivity contribution in [1.29, 1.82) is 0 Å². The van der Waals surface area contributed by atoms with Crippen LogP contribution in [-0.2, 0) is 10.7 Å². The minimum absolute atomic E-state index is 0.0271. The molecular weight excluding hydrogens is 290 g/mol. The van der Waals surface area contributed by atoms with Gasteiger partial charge in [-0.15, -0.1) is 0 Å². The number of hydrazine groups is 1. The van der Waals surface area contributed by atoms with Crippen molar-refractivity contribution in [3.05, 3.63) is 41.3 Å². The summed E-state index contributed by atoms with van der Waals surface area (Å²) in [4.78, 5) is 0. The highest BCUT2D eigenvalue weighted by Gasteiger charge is 2.42. The Hall–Kier alpha value is -1.82. The lowest BCUT2D eigenvalue weighted by Crippen LogP contribution is -2.43. The average Bonchev–Trinajstić information content (AvgIpc) is 2.73. The molecule has 0 saturated carbocycles. The lowest BCUT2D eigenvalue weighted by Gasteiger charge is -2.33. The standard InChI is InChI=1S/C16H20F2N2O2/c1-10-7-20(8-11(2)22-10)19-12(3)13-5-4-6-14-15(13)21-9-16(14,17)18/h4-7,11-12,19H,8-9H2,1-3H3. The molecule has 0 aliphatic carbocycles. The number of hydrogen-bond acceptors (Lipinski definition) is 4. The van der Waals surface area contributed by atoms with Crippen molar-refractivity contribution in [2.24, 2.45) is 0 Å². The van der Waals surface area contributed by atoms with Crippen LogP contribution >= 0.6 is 0 Å². The van der Waals surface area contributed by atoms with Gasteiger partial charge in [0.05, 0.1) is 24.4 Å². The van der Waals surface area contributed by atoms with Gasteiger partial charge in [0.25, 0.3) is 0 Å². The highest BCUT2D eigenvalue weighted by Crippen LogP contribution is 2.44. The fourth-order valence-corrected chi connectivity index (χ4v) is 2.93. The van der Waals surface area contributed by atoms with Gasteiger partial charge in [0.15, 0.2) is 6.61 Å². The molecule has 2 aliphatic heterocycles. The minimum Gasteiger partial charge on any atom is -0.492 e. The van der Waals surface area contributed by atoms with Crippen LogP contribution in [-0.4, -0.2) is 24.3 Å². The first-order valence-electron chi connectivity index (χ1n) is 7.39. The summed E-state index contributed by atoms with van der Waals surface area (Å²) in [5.41, 5.74) is 4.01. The van der Waals surface area contributed by atoms with Gasteiger partial charge >= 0.3 is 5.92 Å². The molecule has 0 spiro atoms.